The van der Waals surface area contributed by atoms with Gasteiger partial charge in [-0.15, -0.1) is 11.8 Å². The molecule has 1 aromatic carbocycles. The number of methoxy groups -OCH3 is 1. The molecule has 5 heteroatoms. The average molecular weight is 293 g/mol. The van der Waals surface area contributed by atoms with Crippen molar-refractivity contribution in [3.05, 3.63) is 29.8 Å². The zero-order chi connectivity index (χ0) is 14.7. The molecule has 0 radical (unpaired) electrons. The van der Waals surface area contributed by atoms with Gasteiger partial charge in [0, 0.05) is 10.6 Å². The van der Waals surface area contributed by atoms with E-state index >= 15 is 0 Å². The predicted molar refractivity (Wildman–Crippen MR) is 78.7 cm³/mol. The number of nitrogens with one attached hydrogen (secondary N) is 1. The van der Waals surface area contributed by atoms with Gasteiger partial charge in [-0.3, -0.25) is 4.79 Å². The van der Waals surface area contributed by atoms with Gasteiger partial charge in [0.05, 0.1) is 13.0 Å². The summed E-state index contributed by atoms with van der Waals surface area (Å²) in [6, 6.07) is 7.31. The minimum atomic E-state index is -0.592. The largest absolute Gasteiger partial charge is 0.467 e. The topological polar surface area (TPSA) is 55.4 Å². The fourth-order valence-electron chi connectivity index (χ4n) is 2.26. The first-order valence-corrected chi connectivity index (χ1v) is 7.63. The Labute approximate surface area is 123 Å². The molecule has 1 amide bonds. The maximum atomic E-state index is 12.4. The number of carbonyl (C=O) groups excluding carboxylic acids is 2. The number of carbonyl (C=O) groups is 2. The van der Waals surface area contributed by atoms with E-state index in [0.29, 0.717) is 0 Å². The summed E-state index contributed by atoms with van der Waals surface area (Å²) >= 11 is 1.68. The summed E-state index contributed by atoms with van der Waals surface area (Å²) in [5, 5.41) is 2.82. The Kier molecular flexibility index (Phi) is 4.70. The highest BCUT2D eigenvalue weighted by atomic mass is 32.2. The van der Waals surface area contributed by atoms with E-state index in [1.54, 1.807) is 11.8 Å². The van der Waals surface area contributed by atoms with Gasteiger partial charge < -0.3 is 10.1 Å². The second kappa shape index (κ2) is 6.31. The van der Waals surface area contributed by atoms with Gasteiger partial charge in [-0.1, -0.05) is 32.0 Å². The van der Waals surface area contributed by atoms with E-state index in [9.17, 15) is 9.59 Å². The van der Waals surface area contributed by atoms with E-state index in [1.165, 1.54) is 7.11 Å². The maximum Gasteiger partial charge on any atom is 0.328 e. The van der Waals surface area contributed by atoms with Gasteiger partial charge >= 0.3 is 5.97 Å². The zero-order valence-electron chi connectivity index (χ0n) is 11.9. The van der Waals surface area contributed by atoms with Gasteiger partial charge in [0.2, 0.25) is 5.91 Å². The summed E-state index contributed by atoms with van der Waals surface area (Å²) in [6.07, 6.45) is 0. The number of amides is 1. The van der Waals surface area contributed by atoms with Crippen LogP contribution in [0.15, 0.2) is 29.2 Å². The summed E-state index contributed by atoms with van der Waals surface area (Å²) in [7, 11) is 1.34. The Morgan fingerprint density at radius 2 is 2.05 bits per heavy atom. The van der Waals surface area contributed by atoms with Crippen molar-refractivity contribution in [2.24, 2.45) is 5.92 Å². The molecule has 2 rings (SSSR count). The van der Waals surface area contributed by atoms with E-state index in [0.717, 1.165) is 16.2 Å². The highest BCUT2D eigenvalue weighted by Gasteiger charge is 2.33. The lowest BCUT2D eigenvalue weighted by molar-refractivity contribution is -0.146. The first-order valence-electron chi connectivity index (χ1n) is 6.64. The van der Waals surface area contributed by atoms with E-state index in [2.05, 4.69) is 5.32 Å². The van der Waals surface area contributed by atoms with Crippen LogP contribution in [0.4, 0.5) is 0 Å². The molecule has 20 heavy (non-hydrogen) atoms. The lowest BCUT2D eigenvalue weighted by atomic mass is 9.98. The van der Waals surface area contributed by atoms with Crippen LogP contribution in [0.2, 0.25) is 0 Å². The van der Waals surface area contributed by atoms with Crippen LogP contribution in [-0.4, -0.2) is 30.8 Å². The Morgan fingerprint density at radius 3 is 2.70 bits per heavy atom. The highest BCUT2D eigenvalue weighted by Crippen LogP contribution is 2.39. The van der Waals surface area contributed by atoms with E-state index in [4.69, 9.17) is 4.74 Å². The van der Waals surface area contributed by atoms with Gasteiger partial charge in [-0.25, -0.2) is 4.79 Å². The number of hydrogen-bond acceptors (Lipinski definition) is 4. The second-order valence-corrected chi connectivity index (χ2v) is 6.22. The van der Waals surface area contributed by atoms with Gasteiger partial charge in [0.25, 0.3) is 0 Å². The Morgan fingerprint density at radius 1 is 1.35 bits per heavy atom. The number of benzene rings is 1. The molecule has 4 nitrogen and oxygen atoms in total. The third kappa shape index (κ3) is 2.98. The lowest BCUT2D eigenvalue weighted by Gasteiger charge is -2.21. The van der Waals surface area contributed by atoms with Crippen molar-refractivity contribution in [1.29, 1.82) is 0 Å². The van der Waals surface area contributed by atoms with Crippen LogP contribution in [0.3, 0.4) is 0 Å². The first kappa shape index (κ1) is 14.9. The molecule has 0 fully saturated rings. The Hall–Kier alpha value is -1.49. The minimum Gasteiger partial charge on any atom is -0.467 e. The van der Waals surface area contributed by atoms with Crippen LogP contribution in [0.25, 0.3) is 0 Å². The van der Waals surface area contributed by atoms with Crippen molar-refractivity contribution in [2.45, 2.75) is 30.7 Å². The number of esters is 1. The minimum absolute atomic E-state index is 0.00398. The summed E-state index contributed by atoms with van der Waals surface area (Å²) in [5.41, 5.74) is 1.04. The average Bonchev–Trinajstić information content (AvgIpc) is 2.87. The molecule has 2 unspecified atom stereocenters. The highest BCUT2D eigenvalue weighted by molar-refractivity contribution is 7.99. The molecule has 1 aromatic rings. The summed E-state index contributed by atoms with van der Waals surface area (Å²) in [4.78, 5) is 25.3. The molecule has 1 heterocycles. The molecule has 0 aromatic heterocycles. The van der Waals surface area contributed by atoms with Crippen LogP contribution >= 0.6 is 11.8 Å². The van der Waals surface area contributed by atoms with Gasteiger partial charge in [-0.2, -0.15) is 0 Å². The second-order valence-electron chi connectivity index (χ2n) is 5.15. The van der Waals surface area contributed by atoms with Crippen molar-refractivity contribution in [2.75, 3.05) is 12.9 Å². The molecule has 0 saturated heterocycles. The molecule has 1 aliphatic rings. The van der Waals surface area contributed by atoms with Crippen LogP contribution in [-0.2, 0) is 14.3 Å². The number of thioether (sulfide) groups is 1. The molecule has 1 aliphatic heterocycles. The van der Waals surface area contributed by atoms with E-state index < -0.39 is 12.0 Å². The number of ether oxygens (including phenoxy) is 1. The van der Waals surface area contributed by atoms with Crippen molar-refractivity contribution in [3.63, 3.8) is 0 Å². The molecule has 1 N–H and O–H groups in total. The molecule has 108 valence electrons. The van der Waals surface area contributed by atoms with E-state index in [-0.39, 0.29) is 17.7 Å². The van der Waals surface area contributed by atoms with Gasteiger partial charge in [0.15, 0.2) is 0 Å². The zero-order valence-corrected chi connectivity index (χ0v) is 12.7. The molecule has 0 saturated carbocycles. The number of fused-ring (bicyclic) bond motifs is 1. The normalized spacial score (nSPS) is 18.5. The third-order valence-electron chi connectivity index (χ3n) is 3.44. The smallest absolute Gasteiger partial charge is 0.328 e. The standard InChI is InChI=1S/C15H19NO3S/c1-9(2)13(15(18)19-3)16-14(17)11-8-20-12-7-5-4-6-10(11)12/h4-7,9,11,13H,8H2,1-3H3,(H,16,17). The quantitative estimate of drug-likeness (QED) is 0.865. The number of hydrogen-bond donors (Lipinski definition) is 1. The van der Waals surface area contributed by atoms with Crippen LogP contribution < -0.4 is 5.32 Å². The van der Waals surface area contributed by atoms with Crippen molar-refractivity contribution < 1.29 is 14.3 Å². The SMILES string of the molecule is COC(=O)C(NC(=O)C1CSc2ccccc21)C(C)C. The summed E-state index contributed by atoms with van der Waals surface area (Å²) in [6.45, 7) is 3.78. The van der Waals surface area contributed by atoms with Crippen LogP contribution in [0.5, 0.6) is 0 Å². The predicted octanol–water partition coefficient (Wildman–Crippen LogP) is 2.19. The molecular formula is C15H19NO3S. The molecule has 0 spiro atoms. The van der Waals surface area contributed by atoms with Crippen LogP contribution in [0, 0.1) is 5.92 Å². The summed E-state index contributed by atoms with van der Waals surface area (Å²) in [5.74, 6) is 0.0219. The number of rotatable bonds is 4. The first-order chi connectivity index (χ1) is 9.54. The van der Waals surface area contributed by atoms with E-state index in [1.807, 2.05) is 38.1 Å². The van der Waals surface area contributed by atoms with Gasteiger partial charge in [0.1, 0.15) is 6.04 Å². The van der Waals surface area contributed by atoms with Crippen molar-refractivity contribution in [3.8, 4) is 0 Å². The molecule has 2 atom stereocenters. The fourth-order valence-corrected chi connectivity index (χ4v) is 3.49. The Bertz CT molecular complexity index is 516. The molecule has 0 aliphatic carbocycles. The summed E-state index contributed by atoms with van der Waals surface area (Å²) < 4.78 is 4.75. The van der Waals surface area contributed by atoms with Crippen LogP contribution in [0.1, 0.15) is 25.3 Å². The van der Waals surface area contributed by atoms with Crippen molar-refractivity contribution >= 4 is 23.6 Å². The van der Waals surface area contributed by atoms with Gasteiger partial charge in [-0.05, 0) is 17.5 Å². The fraction of sp³-hybridized carbons (Fsp3) is 0.467. The maximum absolute atomic E-state index is 12.4. The molecular weight excluding hydrogens is 274 g/mol. The third-order valence-corrected chi connectivity index (χ3v) is 4.62. The van der Waals surface area contributed by atoms with Crippen molar-refractivity contribution in [1.82, 2.24) is 5.32 Å². The lowest BCUT2D eigenvalue weighted by Crippen LogP contribution is -2.46. The molecule has 0 bridgehead atoms. The monoisotopic (exact) mass is 293 g/mol. The Balaban J connectivity index is 2.11.